The van der Waals surface area contributed by atoms with Gasteiger partial charge in [-0.3, -0.25) is 0 Å². The molecule has 1 aliphatic carbocycles. The zero-order chi connectivity index (χ0) is 31.5. The predicted octanol–water partition coefficient (Wildman–Crippen LogP) is 9.73. The quantitative estimate of drug-likeness (QED) is 0.159. The van der Waals surface area contributed by atoms with Crippen LogP contribution < -0.4 is 4.74 Å². The van der Waals surface area contributed by atoms with Gasteiger partial charge in [-0.1, -0.05) is 75.6 Å². The van der Waals surface area contributed by atoms with Crippen molar-refractivity contribution in [1.29, 1.82) is 0 Å². The van der Waals surface area contributed by atoms with Gasteiger partial charge in [-0.25, -0.2) is 18.7 Å². The summed E-state index contributed by atoms with van der Waals surface area (Å²) in [4.78, 5) is 8.94. The highest BCUT2D eigenvalue weighted by Crippen LogP contribution is 2.40. The molecule has 0 spiro atoms. The number of fused-ring (bicyclic) bond motifs is 1. The van der Waals surface area contributed by atoms with Gasteiger partial charge in [-0.15, -0.1) is 0 Å². The Kier molecular flexibility index (Phi) is 9.23. The van der Waals surface area contributed by atoms with E-state index in [9.17, 15) is 22.0 Å². The fourth-order valence-electron chi connectivity index (χ4n) is 5.49. The maximum atomic E-state index is 14.7. The summed E-state index contributed by atoms with van der Waals surface area (Å²) in [5.74, 6) is -0.141. The number of rotatable bonds is 11. The Morgan fingerprint density at radius 3 is 2.48 bits per heavy atom. The number of hydrogen-bond donors (Lipinski definition) is 0. The van der Waals surface area contributed by atoms with E-state index in [1.807, 2.05) is 4.57 Å². The van der Waals surface area contributed by atoms with Gasteiger partial charge in [0, 0.05) is 18.9 Å². The van der Waals surface area contributed by atoms with E-state index < -0.39 is 29.2 Å². The molecule has 3 aliphatic rings. The molecular formula is C35H36F5N3O. The third-order valence-electron chi connectivity index (χ3n) is 8.33. The summed E-state index contributed by atoms with van der Waals surface area (Å²) in [7, 11) is 0. The van der Waals surface area contributed by atoms with Crippen LogP contribution in [0.5, 0.6) is 5.75 Å². The molecule has 2 unspecified atom stereocenters. The first-order valence-electron chi connectivity index (χ1n) is 15.0. The van der Waals surface area contributed by atoms with Crippen molar-refractivity contribution >= 4 is 0 Å². The van der Waals surface area contributed by atoms with Crippen molar-refractivity contribution in [3.8, 4) is 28.3 Å². The number of hydrogen-bond acceptors (Lipinski definition) is 3. The van der Waals surface area contributed by atoms with Crippen LogP contribution in [0.15, 0.2) is 85.0 Å². The normalized spacial score (nSPS) is 19.3. The van der Waals surface area contributed by atoms with Gasteiger partial charge in [-0.05, 0) is 60.2 Å². The maximum absolute atomic E-state index is 14.7. The summed E-state index contributed by atoms with van der Waals surface area (Å²) in [6.45, 7) is 6.56. The van der Waals surface area contributed by atoms with Gasteiger partial charge in [-0.2, -0.15) is 13.2 Å². The zero-order valence-electron chi connectivity index (χ0n) is 25.0. The van der Waals surface area contributed by atoms with Crippen molar-refractivity contribution in [2.24, 2.45) is 5.92 Å². The van der Waals surface area contributed by atoms with Crippen molar-refractivity contribution in [3.63, 3.8) is 0 Å². The number of aromatic nitrogens is 3. The second kappa shape index (κ2) is 12.9. The Labute approximate surface area is 254 Å². The molecule has 0 radical (unpaired) electrons. The number of halogens is 5. The predicted molar refractivity (Wildman–Crippen MR) is 162 cm³/mol. The van der Waals surface area contributed by atoms with Gasteiger partial charge in [0.05, 0.1) is 23.3 Å². The number of imidazole rings is 1. The largest absolute Gasteiger partial charge is 0.493 e. The molecule has 2 aliphatic heterocycles. The third-order valence-corrected chi connectivity index (χ3v) is 8.33. The van der Waals surface area contributed by atoms with Crippen LogP contribution in [0.4, 0.5) is 22.0 Å². The Morgan fingerprint density at radius 1 is 1.02 bits per heavy atom. The minimum Gasteiger partial charge on any atom is -0.493 e. The van der Waals surface area contributed by atoms with Crippen LogP contribution in [0.1, 0.15) is 63.4 Å². The van der Waals surface area contributed by atoms with E-state index in [1.54, 1.807) is 61.8 Å². The Morgan fingerprint density at radius 2 is 1.77 bits per heavy atom. The van der Waals surface area contributed by atoms with Crippen molar-refractivity contribution in [3.05, 3.63) is 102 Å². The third kappa shape index (κ3) is 6.71. The second-order valence-electron chi connectivity index (χ2n) is 11.6. The van der Waals surface area contributed by atoms with Crippen LogP contribution in [0, 0.1) is 5.92 Å². The average molecular weight is 610 g/mol. The molecule has 44 heavy (non-hydrogen) atoms. The minimum atomic E-state index is -4.54. The average Bonchev–Trinajstić information content (AvgIpc) is 3.44. The van der Waals surface area contributed by atoms with E-state index in [2.05, 4.69) is 23.8 Å². The molecule has 0 saturated carbocycles. The summed E-state index contributed by atoms with van der Waals surface area (Å²) in [5.41, 5.74) is 0.440. The lowest BCUT2D eigenvalue weighted by Gasteiger charge is -2.28. The zero-order valence-corrected chi connectivity index (χ0v) is 25.0. The van der Waals surface area contributed by atoms with Crippen LogP contribution in [-0.2, 0) is 18.1 Å². The monoisotopic (exact) mass is 609 g/mol. The van der Waals surface area contributed by atoms with Crippen molar-refractivity contribution in [2.75, 3.05) is 6.61 Å². The SMILES string of the molecule is CCCCC(CC)COc1ccc(-c2ccc(Cn3ccc4nc([C@]5(C)C=CC=C(F)C5F)nc-4c3)cc2)c(C(F)(F)F)c1. The molecule has 0 amide bonds. The summed E-state index contributed by atoms with van der Waals surface area (Å²) >= 11 is 0. The molecule has 2 aromatic carbocycles. The van der Waals surface area contributed by atoms with Crippen LogP contribution in [0.2, 0.25) is 0 Å². The first kappa shape index (κ1) is 31.4. The van der Waals surface area contributed by atoms with Crippen LogP contribution in [0.3, 0.4) is 0 Å². The van der Waals surface area contributed by atoms with E-state index >= 15 is 0 Å². The lowest BCUT2D eigenvalue weighted by atomic mass is 9.81. The van der Waals surface area contributed by atoms with Gasteiger partial charge in [0.1, 0.15) is 23.1 Å². The molecule has 4 nitrogen and oxygen atoms in total. The summed E-state index contributed by atoms with van der Waals surface area (Å²) < 4.78 is 78.7. The molecule has 9 heteroatoms. The van der Waals surface area contributed by atoms with Gasteiger partial charge >= 0.3 is 6.18 Å². The standard InChI is InChI=1S/C35H36F5N3O/c1-4-6-8-23(5-2)22-44-26-14-15-27(28(19-26)35(38,39)40)25-12-10-24(11-13-25)20-43-18-16-30-31(21-43)42-33(41-30)34(3)17-7-9-29(36)32(34)37/h7,9-19,21,23,32H,4-6,8,20,22H2,1-3H3/t23?,32?,34-/m1/s1. The van der Waals surface area contributed by atoms with Crippen molar-refractivity contribution in [1.82, 2.24) is 14.5 Å². The van der Waals surface area contributed by atoms with Gasteiger partial charge < -0.3 is 9.30 Å². The van der Waals surface area contributed by atoms with Crippen LogP contribution in [0.25, 0.3) is 22.5 Å². The lowest BCUT2D eigenvalue weighted by molar-refractivity contribution is -0.137. The second-order valence-corrected chi connectivity index (χ2v) is 11.6. The fraction of sp³-hybridized carbons (Fsp3) is 0.371. The summed E-state index contributed by atoms with van der Waals surface area (Å²) in [5, 5.41) is 0. The molecule has 232 valence electrons. The number of ether oxygens (including phenoxy) is 1. The molecule has 0 N–H and O–H groups in total. The molecule has 0 aromatic heterocycles. The van der Waals surface area contributed by atoms with E-state index in [4.69, 9.17) is 4.74 Å². The summed E-state index contributed by atoms with van der Waals surface area (Å²) in [6.07, 6.45) is 5.32. The molecule has 0 fully saturated rings. The molecule has 2 heterocycles. The van der Waals surface area contributed by atoms with Crippen LogP contribution >= 0.6 is 0 Å². The van der Waals surface area contributed by atoms with E-state index in [-0.39, 0.29) is 17.1 Å². The van der Waals surface area contributed by atoms with Gasteiger partial charge in [0.25, 0.3) is 0 Å². The Bertz CT molecular complexity index is 1610. The molecule has 0 saturated heterocycles. The first-order valence-corrected chi connectivity index (χ1v) is 15.0. The Balaban J connectivity index is 1.32. The number of unbranched alkanes of at least 4 members (excludes halogenated alkanes) is 1. The van der Waals surface area contributed by atoms with E-state index in [0.29, 0.717) is 36.0 Å². The van der Waals surface area contributed by atoms with E-state index in [0.717, 1.165) is 43.4 Å². The number of allylic oxidation sites excluding steroid dienone is 4. The maximum Gasteiger partial charge on any atom is 0.417 e. The molecular weight excluding hydrogens is 573 g/mol. The minimum absolute atomic E-state index is 0.0887. The van der Waals surface area contributed by atoms with Gasteiger partial charge in [0.2, 0.25) is 0 Å². The number of pyridine rings is 1. The molecule has 3 atom stereocenters. The number of benzene rings is 2. The summed E-state index contributed by atoms with van der Waals surface area (Å²) in [6, 6.07) is 12.8. The fourth-order valence-corrected chi connectivity index (χ4v) is 5.49. The van der Waals surface area contributed by atoms with Crippen LogP contribution in [-0.4, -0.2) is 27.3 Å². The molecule has 0 bridgehead atoms. The molecule has 2 aromatic rings. The Hall–Kier alpha value is -4.01. The van der Waals surface area contributed by atoms with Gasteiger partial charge in [0.15, 0.2) is 6.17 Å². The van der Waals surface area contributed by atoms with E-state index in [1.165, 1.54) is 12.1 Å². The topological polar surface area (TPSA) is 39.9 Å². The molecule has 5 rings (SSSR count). The number of alkyl halides is 4. The smallest absolute Gasteiger partial charge is 0.417 e. The highest BCUT2D eigenvalue weighted by molar-refractivity contribution is 5.69. The van der Waals surface area contributed by atoms with Crippen molar-refractivity contribution < 1.29 is 26.7 Å². The first-order chi connectivity index (χ1) is 21.0. The van der Waals surface area contributed by atoms with Crippen molar-refractivity contribution in [2.45, 2.75) is 70.8 Å². The highest BCUT2D eigenvalue weighted by Gasteiger charge is 2.42. The number of nitrogens with zero attached hydrogens (tertiary/aromatic N) is 3. The lowest BCUT2D eigenvalue weighted by Crippen LogP contribution is -2.34. The highest BCUT2D eigenvalue weighted by atomic mass is 19.4.